The number of nitrogens with one attached hydrogen (secondary N) is 2. The van der Waals surface area contributed by atoms with Crippen molar-refractivity contribution in [1.29, 1.82) is 0 Å². The van der Waals surface area contributed by atoms with Gasteiger partial charge in [0, 0.05) is 6.54 Å². The monoisotopic (exact) mass is 262 g/mol. The summed E-state index contributed by atoms with van der Waals surface area (Å²) >= 11 is 1.54. The Balaban J connectivity index is 0.00000128. The average molecular weight is 263 g/mol. The average Bonchev–Trinajstić information content (AvgIpc) is 2.63. The van der Waals surface area contributed by atoms with E-state index in [-0.39, 0.29) is 30.9 Å². The van der Waals surface area contributed by atoms with E-state index in [4.69, 9.17) is 0 Å². The molecule has 1 unspecified atom stereocenters. The molecule has 16 heavy (non-hydrogen) atoms. The Morgan fingerprint density at radius 3 is 3.00 bits per heavy atom. The van der Waals surface area contributed by atoms with Crippen LogP contribution in [0.25, 0.3) is 0 Å². The van der Waals surface area contributed by atoms with Crippen LogP contribution in [-0.2, 0) is 4.79 Å². The molecule has 1 aromatic heterocycles. The second-order valence-electron chi connectivity index (χ2n) is 3.61. The van der Waals surface area contributed by atoms with Crippen molar-refractivity contribution >= 4 is 29.7 Å². The van der Waals surface area contributed by atoms with Gasteiger partial charge in [0.2, 0.25) is 5.91 Å². The van der Waals surface area contributed by atoms with Gasteiger partial charge in [-0.05, 0) is 35.4 Å². The minimum atomic E-state index is -0.597. The third-order valence-corrected chi connectivity index (χ3v) is 3.24. The summed E-state index contributed by atoms with van der Waals surface area (Å²) in [7, 11) is 0. The molecule has 2 atom stereocenters. The van der Waals surface area contributed by atoms with Gasteiger partial charge in [-0.25, -0.2) is 0 Å². The van der Waals surface area contributed by atoms with Crippen molar-refractivity contribution in [2.45, 2.75) is 18.6 Å². The molecular formula is C10H15ClN2O2S. The predicted molar refractivity (Wildman–Crippen MR) is 65.9 cm³/mol. The van der Waals surface area contributed by atoms with Gasteiger partial charge in [0.15, 0.2) is 0 Å². The number of hydrogen-bond donors (Lipinski definition) is 3. The second-order valence-corrected chi connectivity index (χ2v) is 4.39. The lowest BCUT2D eigenvalue weighted by molar-refractivity contribution is -0.125. The Kier molecular flexibility index (Phi) is 5.21. The lowest BCUT2D eigenvalue weighted by atomic mass is 10.1. The van der Waals surface area contributed by atoms with Gasteiger partial charge >= 0.3 is 0 Å². The minimum absolute atomic E-state index is 0. The van der Waals surface area contributed by atoms with Crippen molar-refractivity contribution in [1.82, 2.24) is 10.6 Å². The highest BCUT2D eigenvalue weighted by Gasteiger charge is 2.24. The number of hydrogen-bond acceptors (Lipinski definition) is 4. The molecule has 0 saturated carbocycles. The van der Waals surface area contributed by atoms with E-state index in [1.165, 1.54) is 11.3 Å². The maximum Gasteiger partial charge on any atom is 0.237 e. The van der Waals surface area contributed by atoms with E-state index in [1.54, 1.807) is 0 Å². The van der Waals surface area contributed by atoms with Crippen molar-refractivity contribution in [3.05, 3.63) is 22.4 Å². The molecule has 2 rings (SSSR count). The first-order valence-electron chi connectivity index (χ1n) is 4.98. The second kappa shape index (κ2) is 6.20. The molecule has 1 amide bonds. The van der Waals surface area contributed by atoms with Crippen LogP contribution < -0.4 is 10.6 Å². The Morgan fingerprint density at radius 1 is 1.75 bits per heavy atom. The smallest absolute Gasteiger partial charge is 0.237 e. The minimum Gasteiger partial charge on any atom is -0.387 e. The SMILES string of the molecule is Cl.O=C(NCC(O)c1ccsc1)[C@H]1CCN1. The topological polar surface area (TPSA) is 61.4 Å². The zero-order chi connectivity index (χ0) is 10.7. The molecule has 3 N–H and O–H groups in total. The van der Waals surface area contributed by atoms with Gasteiger partial charge in [0.05, 0.1) is 12.1 Å². The van der Waals surface area contributed by atoms with Gasteiger partial charge in [0.1, 0.15) is 0 Å². The number of carbonyl (C=O) groups is 1. The first-order valence-corrected chi connectivity index (χ1v) is 5.93. The molecule has 4 nitrogen and oxygen atoms in total. The summed E-state index contributed by atoms with van der Waals surface area (Å²) in [6.07, 6.45) is 0.292. The van der Waals surface area contributed by atoms with Crippen molar-refractivity contribution < 1.29 is 9.90 Å². The first kappa shape index (κ1) is 13.4. The van der Waals surface area contributed by atoms with Gasteiger partial charge in [0.25, 0.3) is 0 Å². The maximum absolute atomic E-state index is 11.4. The van der Waals surface area contributed by atoms with Crippen LogP contribution in [0.3, 0.4) is 0 Å². The Bertz CT molecular complexity index is 328. The van der Waals surface area contributed by atoms with Crippen molar-refractivity contribution in [2.75, 3.05) is 13.1 Å². The van der Waals surface area contributed by atoms with Gasteiger partial charge in [-0.1, -0.05) is 0 Å². The van der Waals surface area contributed by atoms with Crippen LogP contribution >= 0.6 is 23.7 Å². The van der Waals surface area contributed by atoms with Crippen LogP contribution in [0.5, 0.6) is 0 Å². The molecule has 0 radical (unpaired) electrons. The highest BCUT2D eigenvalue weighted by Crippen LogP contribution is 2.15. The highest BCUT2D eigenvalue weighted by atomic mass is 35.5. The summed E-state index contributed by atoms with van der Waals surface area (Å²) in [4.78, 5) is 11.4. The van der Waals surface area contributed by atoms with E-state index in [2.05, 4.69) is 10.6 Å². The molecule has 90 valence electrons. The molecule has 1 aliphatic rings. The molecule has 0 aliphatic carbocycles. The fraction of sp³-hybridized carbons (Fsp3) is 0.500. The lowest BCUT2D eigenvalue weighted by Crippen LogP contribution is -2.53. The Labute approximate surface area is 104 Å². The number of aliphatic hydroxyl groups is 1. The zero-order valence-electron chi connectivity index (χ0n) is 8.68. The molecule has 1 fully saturated rings. The van der Waals surface area contributed by atoms with Gasteiger partial charge < -0.3 is 15.7 Å². The zero-order valence-corrected chi connectivity index (χ0v) is 10.3. The quantitative estimate of drug-likeness (QED) is 0.748. The van der Waals surface area contributed by atoms with Crippen molar-refractivity contribution in [3.8, 4) is 0 Å². The fourth-order valence-electron chi connectivity index (χ4n) is 1.42. The third-order valence-electron chi connectivity index (χ3n) is 2.54. The van der Waals surface area contributed by atoms with Crippen LogP contribution in [0.4, 0.5) is 0 Å². The summed E-state index contributed by atoms with van der Waals surface area (Å²) in [6.45, 7) is 1.19. The van der Waals surface area contributed by atoms with E-state index in [0.717, 1.165) is 18.5 Å². The molecule has 0 aromatic carbocycles. The molecule has 1 aliphatic heterocycles. The largest absolute Gasteiger partial charge is 0.387 e. The third kappa shape index (κ3) is 3.18. The Hall–Kier alpha value is -0.620. The standard InChI is InChI=1S/C10H14N2O2S.ClH/c13-9(7-2-4-15-6-7)5-12-10(14)8-1-3-11-8;/h2,4,6,8-9,11,13H,1,3,5H2,(H,12,14);1H/t8-,9?;/m1./s1. The van der Waals surface area contributed by atoms with Crippen LogP contribution in [0.1, 0.15) is 18.1 Å². The predicted octanol–water partition coefficient (Wildman–Crippen LogP) is 0.681. The van der Waals surface area contributed by atoms with Crippen molar-refractivity contribution in [3.63, 3.8) is 0 Å². The molecule has 0 bridgehead atoms. The molecule has 1 aromatic rings. The first-order chi connectivity index (χ1) is 7.27. The summed E-state index contributed by atoms with van der Waals surface area (Å²) < 4.78 is 0. The van der Waals surface area contributed by atoms with E-state index < -0.39 is 6.10 Å². The summed E-state index contributed by atoms with van der Waals surface area (Å²) in [5, 5.41) is 19.2. The highest BCUT2D eigenvalue weighted by molar-refractivity contribution is 7.07. The summed E-state index contributed by atoms with van der Waals surface area (Å²) in [5.41, 5.74) is 0.863. The number of carbonyl (C=O) groups excluding carboxylic acids is 1. The van der Waals surface area contributed by atoms with E-state index >= 15 is 0 Å². The van der Waals surface area contributed by atoms with Gasteiger partial charge in [-0.2, -0.15) is 11.3 Å². The fourth-order valence-corrected chi connectivity index (χ4v) is 2.12. The van der Waals surface area contributed by atoms with Gasteiger partial charge in [-0.15, -0.1) is 12.4 Å². The van der Waals surface area contributed by atoms with Gasteiger partial charge in [-0.3, -0.25) is 4.79 Å². The molecular weight excluding hydrogens is 248 g/mol. The van der Waals surface area contributed by atoms with Crippen LogP contribution in [0.2, 0.25) is 0 Å². The number of amides is 1. The summed E-state index contributed by atoms with van der Waals surface area (Å²) in [5.74, 6) is -0.0180. The number of aliphatic hydroxyl groups excluding tert-OH is 1. The van der Waals surface area contributed by atoms with Crippen LogP contribution in [0, 0.1) is 0 Å². The number of halogens is 1. The van der Waals surface area contributed by atoms with Crippen LogP contribution in [0.15, 0.2) is 16.8 Å². The maximum atomic E-state index is 11.4. The molecule has 6 heteroatoms. The van der Waals surface area contributed by atoms with E-state index in [1.807, 2.05) is 16.8 Å². The van der Waals surface area contributed by atoms with E-state index in [0.29, 0.717) is 0 Å². The number of thiophene rings is 1. The normalized spacial score (nSPS) is 20.4. The molecule has 1 saturated heterocycles. The van der Waals surface area contributed by atoms with Crippen LogP contribution in [-0.4, -0.2) is 30.1 Å². The number of rotatable bonds is 4. The van der Waals surface area contributed by atoms with Crippen molar-refractivity contribution in [2.24, 2.45) is 0 Å². The molecule has 0 spiro atoms. The Morgan fingerprint density at radius 2 is 2.50 bits per heavy atom. The molecule has 2 heterocycles. The van der Waals surface area contributed by atoms with E-state index in [9.17, 15) is 9.90 Å². The summed E-state index contributed by atoms with van der Waals surface area (Å²) in [6, 6.07) is 1.81. The lowest BCUT2D eigenvalue weighted by Gasteiger charge is -2.26.